The van der Waals surface area contributed by atoms with Crippen LogP contribution in [0.25, 0.3) is 0 Å². The maximum atomic E-state index is 11.2. The lowest BCUT2D eigenvalue weighted by Gasteiger charge is -2.16. The number of fused-ring (bicyclic) bond motifs is 1. The van der Waals surface area contributed by atoms with Crippen molar-refractivity contribution in [2.45, 2.75) is 25.9 Å². The van der Waals surface area contributed by atoms with Crippen LogP contribution in [0.2, 0.25) is 0 Å². The van der Waals surface area contributed by atoms with Crippen molar-refractivity contribution in [3.63, 3.8) is 0 Å². The van der Waals surface area contributed by atoms with Crippen LogP contribution in [0.4, 0.5) is 0 Å². The van der Waals surface area contributed by atoms with Gasteiger partial charge in [-0.3, -0.25) is 0 Å². The van der Waals surface area contributed by atoms with Gasteiger partial charge < -0.3 is 10.1 Å². The topological polar surface area (TPSA) is 51.2 Å². The van der Waals surface area contributed by atoms with E-state index in [0.29, 0.717) is 5.01 Å². The van der Waals surface area contributed by atoms with Gasteiger partial charge in [0.25, 0.3) is 0 Å². The third kappa shape index (κ3) is 1.33. The second-order valence-corrected chi connectivity index (χ2v) is 4.84. The molecule has 1 aromatic heterocycles. The van der Waals surface area contributed by atoms with Crippen molar-refractivity contribution in [2.75, 3.05) is 7.11 Å². The van der Waals surface area contributed by atoms with Gasteiger partial charge in [-0.15, -0.1) is 11.3 Å². The zero-order chi connectivity index (χ0) is 10.3. The predicted octanol–water partition coefficient (Wildman–Crippen LogP) is 1.27. The molecule has 2 rings (SSSR count). The Balaban J connectivity index is 2.40. The number of methoxy groups -OCH3 is 1. The highest BCUT2D eigenvalue weighted by atomic mass is 32.1. The average Bonchev–Trinajstić information content (AvgIpc) is 2.67. The van der Waals surface area contributed by atoms with E-state index in [9.17, 15) is 4.79 Å². The number of thiazole rings is 1. The normalized spacial score (nSPS) is 17.9. The van der Waals surface area contributed by atoms with Gasteiger partial charge in [-0.25, -0.2) is 9.78 Å². The third-order valence-electron chi connectivity index (χ3n) is 2.34. The highest BCUT2D eigenvalue weighted by Crippen LogP contribution is 2.33. The lowest BCUT2D eigenvalue weighted by molar-refractivity contribution is 0.0600. The number of esters is 1. The van der Waals surface area contributed by atoms with Gasteiger partial charge in [-0.05, 0) is 13.8 Å². The molecule has 1 aliphatic heterocycles. The summed E-state index contributed by atoms with van der Waals surface area (Å²) in [5, 5.41) is 3.77. The van der Waals surface area contributed by atoms with Crippen LogP contribution in [0.3, 0.4) is 0 Å². The molecule has 1 N–H and O–H groups in total. The lowest BCUT2D eigenvalue weighted by Crippen LogP contribution is -2.30. The maximum Gasteiger partial charge on any atom is 0.367 e. The second kappa shape index (κ2) is 3.03. The fourth-order valence-electron chi connectivity index (χ4n) is 1.52. The molecule has 0 amide bonds. The van der Waals surface area contributed by atoms with Gasteiger partial charge in [0.05, 0.1) is 18.3 Å². The number of rotatable bonds is 1. The summed E-state index contributed by atoms with van der Waals surface area (Å²) in [5.41, 5.74) is 0.848. The monoisotopic (exact) mass is 212 g/mol. The molecule has 2 heterocycles. The largest absolute Gasteiger partial charge is 0.464 e. The first-order chi connectivity index (χ1) is 6.54. The highest BCUT2D eigenvalue weighted by molar-refractivity contribution is 7.13. The van der Waals surface area contributed by atoms with Crippen LogP contribution < -0.4 is 5.32 Å². The Kier molecular flexibility index (Phi) is 2.08. The minimum absolute atomic E-state index is 0.127. The van der Waals surface area contributed by atoms with Crippen LogP contribution in [0.1, 0.15) is 34.2 Å². The summed E-state index contributed by atoms with van der Waals surface area (Å²) in [7, 11) is 1.37. The molecule has 14 heavy (non-hydrogen) atoms. The average molecular weight is 212 g/mol. The molecule has 5 heteroatoms. The third-order valence-corrected chi connectivity index (χ3v) is 3.38. The Hall–Kier alpha value is -0.940. The molecule has 0 atom stereocenters. The number of hydrogen-bond donors (Lipinski definition) is 1. The van der Waals surface area contributed by atoms with Gasteiger partial charge in [-0.2, -0.15) is 0 Å². The van der Waals surface area contributed by atoms with E-state index >= 15 is 0 Å². The summed E-state index contributed by atoms with van der Waals surface area (Å²) >= 11 is 1.41. The van der Waals surface area contributed by atoms with E-state index in [1.54, 1.807) is 0 Å². The summed E-state index contributed by atoms with van der Waals surface area (Å²) in [5.74, 6) is -0.347. The van der Waals surface area contributed by atoms with Gasteiger partial charge in [0.15, 0.2) is 0 Å². The summed E-state index contributed by atoms with van der Waals surface area (Å²) < 4.78 is 4.63. The van der Waals surface area contributed by atoms with E-state index < -0.39 is 0 Å². The molecule has 0 bridgehead atoms. The van der Waals surface area contributed by atoms with Gasteiger partial charge in [-0.1, -0.05) is 0 Å². The molecule has 0 saturated heterocycles. The molecule has 0 unspecified atom stereocenters. The van der Waals surface area contributed by atoms with Crippen molar-refractivity contribution in [1.82, 2.24) is 10.3 Å². The van der Waals surface area contributed by atoms with Crippen molar-refractivity contribution in [1.29, 1.82) is 0 Å². The van der Waals surface area contributed by atoms with Crippen molar-refractivity contribution >= 4 is 17.3 Å². The Morgan fingerprint density at radius 2 is 2.36 bits per heavy atom. The van der Waals surface area contributed by atoms with Crippen molar-refractivity contribution in [3.05, 3.63) is 15.6 Å². The molecule has 0 aliphatic carbocycles. The van der Waals surface area contributed by atoms with Gasteiger partial charge in [0.2, 0.25) is 5.01 Å². The van der Waals surface area contributed by atoms with Crippen molar-refractivity contribution < 1.29 is 9.53 Å². The minimum atomic E-state index is -0.347. The number of ether oxygens (including phenoxy) is 1. The highest BCUT2D eigenvalue weighted by Gasteiger charge is 2.34. The number of nitrogens with one attached hydrogen (secondary N) is 1. The first-order valence-corrected chi connectivity index (χ1v) is 5.20. The number of carbonyl (C=O) groups is 1. The van der Waals surface area contributed by atoms with Crippen LogP contribution in [0.5, 0.6) is 0 Å². The maximum absolute atomic E-state index is 11.2. The number of nitrogens with zero attached hydrogens (tertiary/aromatic N) is 1. The molecule has 0 spiro atoms. The zero-order valence-electron chi connectivity index (χ0n) is 8.38. The minimum Gasteiger partial charge on any atom is -0.464 e. The van der Waals surface area contributed by atoms with Crippen LogP contribution in [0.15, 0.2) is 0 Å². The lowest BCUT2D eigenvalue weighted by atomic mass is 10.0. The van der Waals surface area contributed by atoms with Crippen LogP contribution in [0, 0.1) is 0 Å². The molecule has 1 aliphatic rings. The molecule has 4 nitrogen and oxygen atoms in total. The molecule has 1 aromatic rings. The Morgan fingerprint density at radius 3 is 2.93 bits per heavy atom. The SMILES string of the molecule is COC(=O)c1nc2c(s1)CNC2(C)C. The quantitative estimate of drug-likeness (QED) is 0.712. The van der Waals surface area contributed by atoms with E-state index in [4.69, 9.17) is 0 Å². The fraction of sp³-hybridized carbons (Fsp3) is 0.556. The predicted molar refractivity (Wildman–Crippen MR) is 53.3 cm³/mol. The van der Waals surface area contributed by atoms with Crippen molar-refractivity contribution in [2.24, 2.45) is 0 Å². The second-order valence-electron chi connectivity index (χ2n) is 3.76. The van der Waals surface area contributed by atoms with Crippen LogP contribution in [-0.2, 0) is 16.8 Å². The molecule has 0 radical (unpaired) electrons. The number of aromatic nitrogens is 1. The van der Waals surface area contributed by atoms with Crippen molar-refractivity contribution in [3.8, 4) is 0 Å². The molecule has 0 aromatic carbocycles. The molecule has 0 saturated carbocycles. The first-order valence-electron chi connectivity index (χ1n) is 4.38. The summed E-state index contributed by atoms with van der Waals surface area (Å²) in [6.07, 6.45) is 0. The van der Waals surface area contributed by atoms with Gasteiger partial charge >= 0.3 is 5.97 Å². The van der Waals surface area contributed by atoms with E-state index in [1.165, 1.54) is 18.4 Å². The van der Waals surface area contributed by atoms with E-state index in [1.807, 2.05) is 0 Å². The Labute approximate surface area is 86.3 Å². The molecular weight excluding hydrogens is 200 g/mol. The summed E-state index contributed by atoms with van der Waals surface area (Å²) in [6.45, 7) is 4.90. The zero-order valence-corrected chi connectivity index (χ0v) is 9.20. The summed E-state index contributed by atoms with van der Waals surface area (Å²) in [6, 6.07) is 0. The van der Waals surface area contributed by atoms with E-state index in [2.05, 4.69) is 28.9 Å². The van der Waals surface area contributed by atoms with E-state index in [-0.39, 0.29) is 11.5 Å². The smallest absolute Gasteiger partial charge is 0.367 e. The fourth-order valence-corrected chi connectivity index (χ4v) is 2.60. The first kappa shape index (κ1) is 9.61. The van der Waals surface area contributed by atoms with E-state index in [0.717, 1.165) is 17.1 Å². The number of carbonyl (C=O) groups excluding carboxylic acids is 1. The molecular formula is C9H12N2O2S. The molecule has 76 valence electrons. The van der Waals surface area contributed by atoms with Gasteiger partial charge in [0.1, 0.15) is 0 Å². The number of hydrogen-bond acceptors (Lipinski definition) is 5. The Bertz CT molecular complexity index is 384. The summed E-state index contributed by atoms with van der Waals surface area (Å²) in [4.78, 5) is 16.7. The van der Waals surface area contributed by atoms with Crippen LogP contribution in [-0.4, -0.2) is 18.1 Å². The van der Waals surface area contributed by atoms with Gasteiger partial charge in [0, 0.05) is 11.4 Å². The van der Waals surface area contributed by atoms with Crippen LogP contribution >= 0.6 is 11.3 Å². The molecule has 0 fully saturated rings. The Morgan fingerprint density at radius 1 is 1.64 bits per heavy atom. The standard InChI is InChI=1S/C9H12N2O2S/c1-9(2)6-5(4-10-9)14-7(11-6)8(12)13-3/h10H,4H2,1-3H3.